The van der Waals surface area contributed by atoms with Crippen LogP contribution >= 0.6 is 15.9 Å². The van der Waals surface area contributed by atoms with Crippen molar-refractivity contribution in [1.82, 2.24) is 0 Å². The van der Waals surface area contributed by atoms with Crippen LogP contribution in [0, 0.1) is 0 Å². The smallest absolute Gasteiger partial charge is 0.123 e. The Hall–Kier alpha value is -0.500. The van der Waals surface area contributed by atoms with Gasteiger partial charge in [0.25, 0.3) is 0 Å². The summed E-state index contributed by atoms with van der Waals surface area (Å²) in [6.45, 7) is 0.897. The first-order chi connectivity index (χ1) is 6.30. The molecule has 1 aliphatic heterocycles. The summed E-state index contributed by atoms with van der Waals surface area (Å²) >= 11 is 3.51. The zero-order valence-electron chi connectivity index (χ0n) is 7.35. The maximum absolute atomic E-state index is 5.63. The van der Waals surface area contributed by atoms with Crippen molar-refractivity contribution >= 4 is 15.9 Å². The fourth-order valence-electron chi connectivity index (χ4n) is 2.20. The van der Waals surface area contributed by atoms with E-state index in [0.29, 0.717) is 5.41 Å². The Morgan fingerprint density at radius 3 is 2.85 bits per heavy atom. The van der Waals surface area contributed by atoms with Crippen molar-refractivity contribution < 1.29 is 4.74 Å². The summed E-state index contributed by atoms with van der Waals surface area (Å²) in [4.78, 5) is 0. The van der Waals surface area contributed by atoms with Crippen LogP contribution in [0.15, 0.2) is 22.7 Å². The predicted octanol–water partition coefficient (Wildman–Crippen LogP) is 3.26. The van der Waals surface area contributed by atoms with E-state index in [1.807, 2.05) is 0 Å². The van der Waals surface area contributed by atoms with E-state index < -0.39 is 0 Å². The first-order valence-corrected chi connectivity index (χ1v) is 5.52. The maximum Gasteiger partial charge on any atom is 0.123 e. The van der Waals surface area contributed by atoms with Gasteiger partial charge in [0.05, 0.1) is 6.61 Å². The molecule has 0 atom stereocenters. The van der Waals surface area contributed by atoms with E-state index in [2.05, 4.69) is 34.1 Å². The Kier molecular flexibility index (Phi) is 1.51. The maximum atomic E-state index is 5.63. The van der Waals surface area contributed by atoms with Crippen LogP contribution < -0.4 is 4.74 Å². The molecule has 68 valence electrons. The van der Waals surface area contributed by atoms with Crippen LogP contribution in [0.3, 0.4) is 0 Å². The average molecular weight is 239 g/mol. The third kappa shape index (κ3) is 1.12. The van der Waals surface area contributed by atoms with Gasteiger partial charge >= 0.3 is 0 Å². The highest BCUT2D eigenvalue weighted by atomic mass is 79.9. The third-order valence-electron chi connectivity index (χ3n) is 3.20. The summed E-state index contributed by atoms with van der Waals surface area (Å²) in [5, 5.41) is 0. The molecule has 1 aromatic rings. The van der Waals surface area contributed by atoms with Gasteiger partial charge in [0.15, 0.2) is 0 Å². The van der Waals surface area contributed by atoms with E-state index >= 15 is 0 Å². The molecule has 1 saturated carbocycles. The molecule has 2 heteroatoms. The van der Waals surface area contributed by atoms with Crippen LogP contribution in [0.1, 0.15) is 24.8 Å². The number of rotatable bonds is 0. The van der Waals surface area contributed by atoms with Gasteiger partial charge in [-0.1, -0.05) is 15.9 Å². The molecule has 3 rings (SSSR count). The Bertz CT molecular complexity index is 355. The fourth-order valence-corrected chi connectivity index (χ4v) is 2.56. The lowest BCUT2D eigenvalue weighted by Gasteiger charge is -2.25. The van der Waals surface area contributed by atoms with Gasteiger partial charge in [-0.25, -0.2) is 0 Å². The van der Waals surface area contributed by atoms with E-state index in [-0.39, 0.29) is 0 Å². The highest BCUT2D eigenvalue weighted by Gasteiger charge is 2.47. The summed E-state index contributed by atoms with van der Waals surface area (Å²) in [6.07, 6.45) is 3.90. The van der Waals surface area contributed by atoms with Gasteiger partial charge in [-0.05, 0) is 37.5 Å². The third-order valence-corrected chi connectivity index (χ3v) is 3.70. The fraction of sp³-hybridized carbons (Fsp3) is 0.455. The molecule has 0 saturated heterocycles. The number of ether oxygens (including phenoxy) is 1. The molecule has 0 N–H and O–H groups in total. The van der Waals surface area contributed by atoms with Gasteiger partial charge < -0.3 is 4.74 Å². The molecule has 1 aromatic carbocycles. The molecule has 0 radical (unpaired) electrons. The number of halogens is 1. The van der Waals surface area contributed by atoms with Crippen molar-refractivity contribution in [3.63, 3.8) is 0 Å². The van der Waals surface area contributed by atoms with Gasteiger partial charge in [0.1, 0.15) is 5.75 Å². The number of hydrogen-bond acceptors (Lipinski definition) is 1. The molecule has 1 fully saturated rings. The van der Waals surface area contributed by atoms with E-state index in [4.69, 9.17) is 4.74 Å². The lowest BCUT2D eigenvalue weighted by molar-refractivity contribution is 0.260. The highest BCUT2D eigenvalue weighted by molar-refractivity contribution is 9.10. The van der Waals surface area contributed by atoms with Crippen LogP contribution in [0.25, 0.3) is 0 Å². The van der Waals surface area contributed by atoms with E-state index in [9.17, 15) is 0 Å². The Balaban J connectivity index is 2.16. The van der Waals surface area contributed by atoms with Crippen LogP contribution in [0.5, 0.6) is 5.75 Å². The molecule has 1 nitrogen and oxygen atoms in total. The molecule has 1 aliphatic carbocycles. The van der Waals surface area contributed by atoms with E-state index in [0.717, 1.165) is 12.4 Å². The lowest BCUT2D eigenvalue weighted by atomic mass is 9.90. The second-order valence-electron chi connectivity index (χ2n) is 4.02. The Labute approximate surface area is 86.2 Å². The zero-order chi connectivity index (χ0) is 8.89. The molecule has 13 heavy (non-hydrogen) atoms. The molecule has 2 aliphatic rings. The van der Waals surface area contributed by atoms with Crippen LogP contribution in [0.2, 0.25) is 0 Å². The van der Waals surface area contributed by atoms with Gasteiger partial charge in [-0.15, -0.1) is 0 Å². The van der Waals surface area contributed by atoms with E-state index in [1.165, 1.54) is 29.3 Å². The summed E-state index contributed by atoms with van der Waals surface area (Å²) in [7, 11) is 0. The van der Waals surface area contributed by atoms with Crippen molar-refractivity contribution in [1.29, 1.82) is 0 Å². The van der Waals surface area contributed by atoms with Crippen LogP contribution in [-0.2, 0) is 5.41 Å². The van der Waals surface area contributed by atoms with Crippen molar-refractivity contribution in [2.24, 2.45) is 0 Å². The van der Waals surface area contributed by atoms with Gasteiger partial charge in [0.2, 0.25) is 0 Å². The topological polar surface area (TPSA) is 9.23 Å². The molecule has 0 aromatic heterocycles. The zero-order valence-corrected chi connectivity index (χ0v) is 8.93. The minimum Gasteiger partial charge on any atom is -0.493 e. The molecule has 0 bridgehead atoms. The minimum atomic E-state index is 0.497. The van der Waals surface area contributed by atoms with Crippen molar-refractivity contribution in [2.75, 3.05) is 6.61 Å². The largest absolute Gasteiger partial charge is 0.493 e. The average Bonchev–Trinajstić information content (AvgIpc) is 2.88. The Morgan fingerprint density at radius 1 is 1.23 bits per heavy atom. The first kappa shape index (κ1) is 7.86. The molecule has 0 unspecified atom stereocenters. The van der Waals surface area contributed by atoms with Crippen LogP contribution in [-0.4, -0.2) is 6.61 Å². The first-order valence-electron chi connectivity index (χ1n) is 4.73. The molecule has 1 spiro atoms. The second kappa shape index (κ2) is 2.50. The lowest BCUT2D eigenvalue weighted by Crippen LogP contribution is -2.19. The van der Waals surface area contributed by atoms with Crippen molar-refractivity contribution in [3.05, 3.63) is 28.2 Å². The minimum absolute atomic E-state index is 0.497. The molecule has 1 heterocycles. The second-order valence-corrected chi connectivity index (χ2v) is 4.93. The summed E-state index contributed by atoms with van der Waals surface area (Å²) < 4.78 is 6.80. The summed E-state index contributed by atoms with van der Waals surface area (Å²) in [6, 6.07) is 6.36. The van der Waals surface area contributed by atoms with Crippen LogP contribution in [0.4, 0.5) is 0 Å². The quantitative estimate of drug-likeness (QED) is 0.675. The number of fused-ring (bicyclic) bond motifs is 2. The number of benzene rings is 1. The predicted molar refractivity (Wildman–Crippen MR) is 55.2 cm³/mol. The molecular weight excluding hydrogens is 228 g/mol. The van der Waals surface area contributed by atoms with Crippen molar-refractivity contribution in [2.45, 2.75) is 24.7 Å². The van der Waals surface area contributed by atoms with Gasteiger partial charge in [-0.3, -0.25) is 0 Å². The van der Waals surface area contributed by atoms with Gasteiger partial charge in [0, 0.05) is 15.5 Å². The van der Waals surface area contributed by atoms with Crippen molar-refractivity contribution in [3.8, 4) is 5.75 Å². The number of hydrogen-bond donors (Lipinski definition) is 0. The molecular formula is C11H11BrO. The monoisotopic (exact) mass is 238 g/mol. The Morgan fingerprint density at radius 2 is 2.08 bits per heavy atom. The summed E-state index contributed by atoms with van der Waals surface area (Å²) in [5.41, 5.74) is 1.92. The van der Waals surface area contributed by atoms with E-state index in [1.54, 1.807) is 0 Å². The highest BCUT2D eigenvalue weighted by Crippen LogP contribution is 2.56. The standard InChI is InChI=1S/C11H11BrO/c12-8-1-2-10-9(7-8)11(3-4-11)5-6-13-10/h1-2,7H,3-6H2. The molecule has 0 amide bonds. The van der Waals surface area contributed by atoms with Gasteiger partial charge in [-0.2, -0.15) is 0 Å². The summed E-state index contributed by atoms with van der Waals surface area (Å²) in [5.74, 6) is 1.10. The normalized spacial score (nSPS) is 22.2. The SMILES string of the molecule is Brc1ccc2c(c1)C1(CCO2)CC1.